The Labute approximate surface area is 183 Å². The lowest BCUT2D eigenvalue weighted by Gasteiger charge is -2.14. The number of nitriles is 1. The van der Waals surface area contributed by atoms with Crippen LogP contribution in [0.3, 0.4) is 0 Å². The van der Waals surface area contributed by atoms with E-state index in [1.54, 1.807) is 6.07 Å². The molecule has 32 heavy (non-hydrogen) atoms. The molecule has 3 aromatic rings. The molecule has 0 aliphatic rings. The molecule has 0 radical (unpaired) electrons. The van der Waals surface area contributed by atoms with Gasteiger partial charge in [0.1, 0.15) is 11.6 Å². The van der Waals surface area contributed by atoms with Crippen LogP contribution in [0.2, 0.25) is 5.02 Å². The highest BCUT2D eigenvalue weighted by Gasteiger charge is 2.34. The van der Waals surface area contributed by atoms with Crippen molar-refractivity contribution in [2.45, 2.75) is 12.6 Å². The highest BCUT2D eigenvalue weighted by Crippen LogP contribution is 2.35. The molecule has 0 aliphatic heterocycles. The normalized spacial score (nSPS) is 11.2. The fourth-order valence-electron chi connectivity index (χ4n) is 2.93. The summed E-state index contributed by atoms with van der Waals surface area (Å²) in [5, 5.41) is 10.6. The van der Waals surface area contributed by atoms with Crippen LogP contribution in [0.4, 0.5) is 33.3 Å². The van der Waals surface area contributed by atoms with Crippen LogP contribution in [0.15, 0.2) is 42.6 Å². The second-order valence-electron chi connectivity index (χ2n) is 6.55. The molecule has 0 unspecified atom stereocenters. The molecule has 0 fully saturated rings. The average molecular weight is 467 g/mol. The Morgan fingerprint density at radius 3 is 2.50 bits per heavy atom. The number of nitrogens with two attached hydrogens (primary N) is 1. The highest BCUT2D eigenvalue weighted by molar-refractivity contribution is 6.34. The molecule has 0 saturated carbocycles. The summed E-state index contributed by atoms with van der Waals surface area (Å²) in [5.41, 5.74) is 3.34. The summed E-state index contributed by atoms with van der Waals surface area (Å²) in [6, 6.07) is 7.40. The first-order valence-electron chi connectivity index (χ1n) is 8.80. The van der Waals surface area contributed by atoms with Gasteiger partial charge in [-0.1, -0.05) is 11.6 Å². The number of alkyl halides is 3. The van der Waals surface area contributed by atoms with Crippen molar-refractivity contribution in [1.29, 1.82) is 5.26 Å². The number of pyridine rings is 1. The molecular formula is C21H12ClF5N4O. The Balaban J connectivity index is 1.94. The Kier molecular flexibility index (Phi) is 6.32. The Morgan fingerprint density at radius 2 is 1.88 bits per heavy atom. The topological polar surface area (TPSA) is 91.8 Å². The molecule has 0 saturated heterocycles. The van der Waals surface area contributed by atoms with Crippen LogP contribution in [-0.2, 0) is 12.6 Å². The predicted molar refractivity (Wildman–Crippen MR) is 108 cm³/mol. The summed E-state index contributed by atoms with van der Waals surface area (Å²) >= 11 is 6.09. The van der Waals surface area contributed by atoms with Gasteiger partial charge >= 0.3 is 6.18 Å². The maximum absolute atomic E-state index is 14.7. The Bertz CT molecular complexity index is 1250. The second-order valence-corrected chi connectivity index (χ2v) is 6.96. The van der Waals surface area contributed by atoms with Crippen molar-refractivity contribution in [3.05, 3.63) is 76.1 Å². The number of anilines is 2. The quantitative estimate of drug-likeness (QED) is 0.387. The van der Waals surface area contributed by atoms with Gasteiger partial charge in [-0.2, -0.15) is 18.4 Å². The van der Waals surface area contributed by atoms with E-state index >= 15 is 0 Å². The summed E-state index contributed by atoms with van der Waals surface area (Å²) in [6.07, 6.45) is -4.44. The van der Waals surface area contributed by atoms with Gasteiger partial charge in [0.05, 0.1) is 46.2 Å². The van der Waals surface area contributed by atoms with Crippen LogP contribution in [0.1, 0.15) is 21.6 Å². The molecule has 11 heteroatoms. The Morgan fingerprint density at radius 1 is 1.16 bits per heavy atom. The fourth-order valence-corrected chi connectivity index (χ4v) is 3.18. The minimum Gasteiger partial charge on any atom is -0.398 e. The number of amides is 1. The van der Waals surface area contributed by atoms with Gasteiger partial charge in [-0.15, -0.1) is 0 Å². The zero-order valence-electron chi connectivity index (χ0n) is 15.9. The number of halogens is 6. The number of nitrogens with zero attached hydrogens (tertiary/aromatic N) is 2. The van der Waals surface area contributed by atoms with Gasteiger partial charge in [0.25, 0.3) is 5.91 Å². The monoisotopic (exact) mass is 466 g/mol. The van der Waals surface area contributed by atoms with Crippen molar-refractivity contribution < 1.29 is 26.7 Å². The van der Waals surface area contributed by atoms with Crippen molar-refractivity contribution in [3.8, 4) is 17.2 Å². The number of benzene rings is 2. The van der Waals surface area contributed by atoms with Crippen LogP contribution < -0.4 is 11.1 Å². The van der Waals surface area contributed by atoms with Crippen molar-refractivity contribution in [2.24, 2.45) is 0 Å². The molecule has 164 valence electrons. The zero-order chi connectivity index (χ0) is 23.6. The fraction of sp³-hybridized carbons (Fsp3) is 0.0952. The number of hydrogen-bond acceptors (Lipinski definition) is 4. The van der Waals surface area contributed by atoms with Gasteiger partial charge in [-0.3, -0.25) is 9.78 Å². The first kappa shape index (κ1) is 23.0. The maximum Gasteiger partial charge on any atom is 0.418 e. The molecule has 3 N–H and O–H groups in total. The largest absolute Gasteiger partial charge is 0.418 e. The van der Waals surface area contributed by atoms with Crippen LogP contribution in [0.25, 0.3) is 11.1 Å². The molecule has 0 aliphatic carbocycles. The minimum atomic E-state index is -4.81. The van der Waals surface area contributed by atoms with E-state index in [0.717, 1.165) is 30.5 Å². The van der Waals surface area contributed by atoms with Crippen molar-refractivity contribution >= 4 is 28.9 Å². The van der Waals surface area contributed by atoms with E-state index in [9.17, 15) is 26.7 Å². The first-order valence-corrected chi connectivity index (χ1v) is 9.18. The standard InChI is InChI=1S/C21H12ClF5N4O/c22-16-7-13(12-2-1-10(23)5-18(12)29)17(24)8-14(16)20(32)31-11-6-15(21(25,26)27)19(3-4-28)30-9-11/h1-2,5-9H,3,29H2,(H,31,32). The van der Waals surface area contributed by atoms with Crippen molar-refractivity contribution in [3.63, 3.8) is 0 Å². The van der Waals surface area contributed by atoms with Gasteiger partial charge in [-0.05, 0) is 36.4 Å². The molecule has 1 amide bonds. The Hall–Kier alpha value is -3.71. The van der Waals surface area contributed by atoms with Crippen LogP contribution >= 0.6 is 11.6 Å². The van der Waals surface area contributed by atoms with E-state index in [0.29, 0.717) is 6.07 Å². The van der Waals surface area contributed by atoms with Crippen LogP contribution in [0, 0.1) is 23.0 Å². The number of carbonyl (C=O) groups is 1. The molecule has 2 aromatic carbocycles. The van der Waals surface area contributed by atoms with Crippen molar-refractivity contribution in [2.75, 3.05) is 11.1 Å². The second kappa shape index (κ2) is 8.80. The van der Waals surface area contributed by atoms with Crippen LogP contribution in [-0.4, -0.2) is 10.9 Å². The molecule has 5 nitrogen and oxygen atoms in total. The zero-order valence-corrected chi connectivity index (χ0v) is 16.7. The predicted octanol–water partition coefficient (Wildman–Crippen LogP) is 5.60. The van der Waals surface area contributed by atoms with Crippen molar-refractivity contribution in [1.82, 2.24) is 4.98 Å². The highest BCUT2D eigenvalue weighted by atomic mass is 35.5. The molecule has 1 aromatic heterocycles. The minimum absolute atomic E-state index is 0.0552. The molecular weight excluding hydrogens is 455 g/mol. The third kappa shape index (κ3) is 4.78. The van der Waals surface area contributed by atoms with E-state index in [1.165, 1.54) is 6.07 Å². The SMILES string of the molecule is N#CCc1ncc(NC(=O)c2cc(F)c(-c3ccc(F)cc3N)cc2Cl)cc1C(F)(F)F. The van der Waals surface area contributed by atoms with E-state index in [1.807, 2.05) is 0 Å². The molecule has 0 atom stereocenters. The molecule has 0 spiro atoms. The first-order chi connectivity index (χ1) is 15.0. The lowest BCUT2D eigenvalue weighted by molar-refractivity contribution is -0.138. The average Bonchev–Trinajstić information content (AvgIpc) is 2.70. The number of aromatic nitrogens is 1. The number of hydrogen-bond donors (Lipinski definition) is 2. The number of nitrogens with one attached hydrogen (secondary N) is 1. The van der Waals surface area contributed by atoms with E-state index in [-0.39, 0.29) is 33.1 Å². The van der Waals surface area contributed by atoms with Gasteiger partial charge in [0, 0.05) is 16.8 Å². The van der Waals surface area contributed by atoms with E-state index in [4.69, 9.17) is 22.6 Å². The lowest BCUT2D eigenvalue weighted by atomic mass is 10.0. The summed E-state index contributed by atoms with van der Waals surface area (Å²) in [5.74, 6) is -2.52. The summed E-state index contributed by atoms with van der Waals surface area (Å²) in [4.78, 5) is 16.1. The number of rotatable bonds is 4. The molecule has 0 bridgehead atoms. The van der Waals surface area contributed by atoms with E-state index in [2.05, 4.69) is 10.3 Å². The molecule has 1 heterocycles. The third-order valence-electron chi connectivity index (χ3n) is 4.39. The smallest absolute Gasteiger partial charge is 0.398 e. The summed E-state index contributed by atoms with van der Waals surface area (Å²) < 4.78 is 67.6. The summed E-state index contributed by atoms with van der Waals surface area (Å²) in [7, 11) is 0. The van der Waals surface area contributed by atoms with Gasteiger partial charge in [0.15, 0.2) is 0 Å². The van der Waals surface area contributed by atoms with Crippen LogP contribution in [0.5, 0.6) is 0 Å². The third-order valence-corrected chi connectivity index (χ3v) is 4.70. The van der Waals surface area contributed by atoms with Gasteiger partial charge in [0.2, 0.25) is 0 Å². The van der Waals surface area contributed by atoms with Gasteiger partial charge < -0.3 is 11.1 Å². The number of nitrogen functional groups attached to an aromatic ring is 1. The lowest BCUT2D eigenvalue weighted by Crippen LogP contribution is -2.16. The van der Waals surface area contributed by atoms with E-state index < -0.39 is 41.4 Å². The summed E-state index contributed by atoms with van der Waals surface area (Å²) in [6.45, 7) is 0. The number of carbonyl (C=O) groups excluding carboxylic acids is 1. The maximum atomic E-state index is 14.7. The van der Waals surface area contributed by atoms with Gasteiger partial charge in [-0.25, -0.2) is 8.78 Å². The molecule has 3 rings (SSSR count).